The maximum absolute atomic E-state index is 5.60. The van der Waals surface area contributed by atoms with Gasteiger partial charge in [0, 0.05) is 23.2 Å². The van der Waals surface area contributed by atoms with Gasteiger partial charge < -0.3 is 4.74 Å². The predicted octanol–water partition coefficient (Wildman–Crippen LogP) is 2.99. The van der Waals surface area contributed by atoms with Crippen molar-refractivity contribution in [2.75, 3.05) is 0 Å². The molecule has 0 spiro atoms. The van der Waals surface area contributed by atoms with Gasteiger partial charge in [0.15, 0.2) is 0 Å². The molecule has 2 nitrogen and oxygen atoms in total. The maximum atomic E-state index is 5.60. The zero-order chi connectivity index (χ0) is 11.4. The molecule has 0 saturated heterocycles. The summed E-state index contributed by atoms with van der Waals surface area (Å²) >= 11 is 0. The lowest BCUT2D eigenvalue weighted by Gasteiger charge is -2.08. The number of nitrogens with zero attached hydrogens (tertiary/aromatic N) is 1. The van der Waals surface area contributed by atoms with E-state index in [0.29, 0.717) is 0 Å². The number of rotatable bonds is 0. The summed E-state index contributed by atoms with van der Waals surface area (Å²) < 4.78 is 5.60. The molecule has 0 N–H and O–H groups in total. The summed E-state index contributed by atoms with van der Waals surface area (Å²) in [5.41, 5.74) is 9.15. The Balaban J connectivity index is 2.07. The van der Waals surface area contributed by atoms with Crippen molar-refractivity contribution in [3.05, 3.63) is 52.3 Å². The number of hydrogen-bond donors (Lipinski definition) is 0. The van der Waals surface area contributed by atoms with Gasteiger partial charge >= 0.3 is 0 Å². The maximum Gasteiger partial charge on any atom is 0.0742 e. The average Bonchev–Trinajstić information content (AvgIpc) is 2.90. The van der Waals surface area contributed by atoms with Gasteiger partial charge in [-0.2, -0.15) is 0 Å². The van der Waals surface area contributed by atoms with E-state index < -0.39 is 0 Å². The Morgan fingerprint density at radius 1 is 1.12 bits per heavy atom. The molecule has 1 aliphatic heterocycles. The molecule has 1 aliphatic carbocycles. The van der Waals surface area contributed by atoms with Crippen LogP contribution in [0.4, 0.5) is 0 Å². The summed E-state index contributed by atoms with van der Waals surface area (Å²) in [7, 11) is 0. The third-order valence-electron chi connectivity index (χ3n) is 3.83. The van der Waals surface area contributed by atoms with E-state index in [0.717, 1.165) is 25.3 Å². The van der Waals surface area contributed by atoms with Crippen molar-refractivity contribution >= 4 is 0 Å². The number of hydrogen-bond acceptors (Lipinski definition) is 2. The Labute approximate surface area is 100 Å². The van der Waals surface area contributed by atoms with E-state index >= 15 is 0 Å². The smallest absolute Gasteiger partial charge is 0.0742 e. The molecule has 4 rings (SSSR count). The number of pyridine rings is 1. The molecule has 1 aromatic heterocycles. The van der Waals surface area contributed by atoms with Gasteiger partial charge in [0.2, 0.25) is 0 Å². The highest BCUT2D eigenvalue weighted by Crippen LogP contribution is 2.41. The standard InChI is InChI=1S/C15H13NO/c1-9-12-7-17-8-13(12)15-11-5-3-2-4-10(11)6-14(15)16-9/h2-5H,6-8H2,1H3. The van der Waals surface area contributed by atoms with Gasteiger partial charge in [-0.05, 0) is 23.6 Å². The quantitative estimate of drug-likeness (QED) is 0.584. The van der Waals surface area contributed by atoms with Gasteiger partial charge in [-0.3, -0.25) is 4.98 Å². The third kappa shape index (κ3) is 1.16. The molecule has 17 heavy (non-hydrogen) atoms. The van der Waals surface area contributed by atoms with E-state index in [-0.39, 0.29) is 0 Å². The highest BCUT2D eigenvalue weighted by atomic mass is 16.5. The minimum Gasteiger partial charge on any atom is -0.372 e. The largest absolute Gasteiger partial charge is 0.372 e. The minimum absolute atomic E-state index is 0.726. The molecule has 2 heterocycles. The molecule has 0 bridgehead atoms. The Morgan fingerprint density at radius 3 is 2.88 bits per heavy atom. The second kappa shape index (κ2) is 3.17. The minimum atomic E-state index is 0.726. The van der Waals surface area contributed by atoms with Gasteiger partial charge in [0.05, 0.1) is 18.9 Å². The molecule has 0 amide bonds. The molecule has 0 radical (unpaired) electrons. The van der Waals surface area contributed by atoms with Gasteiger partial charge in [-0.15, -0.1) is 0 Å². The number of aryl methyl sites for hydroxylation is 1. The van der Waals surface area contributed by atoms with Crippen LogP contribution in [-0.2, 0) is 24.4 Å². The van der Waals surface area contributed by atoms with E-state index in [1.165, 1.54) is 33.5 Å². The molecule has 0 unspecified atom stereocenters. The van der Waals surface area contributed by atoms with Crippen molar-refractivity contribution in [2.24, 2.45) is 0 Å². The highest BCUT2D eigenvalue weighted by Gasteiger charge is 2.28. The van der Waals surface area contributed by atoms with Crippen molar-refractivity contribution in [1.82, 2.24) is 4.98 Å². The van der Waals surface area contributed by atoms with Crippen LogP contribution in [0.3, 0.4) is 0 Å². The molecule has 84 valence electrons. The number of ether oxygens (including phenoxy) is 1. The van der Waals surface area contributed by atoms with Crippen LogP contribution in [0.25, 0.3) is 11.1 Å². The molecule has 2 heteroatoms. The normalized spacial score (nSPS) is 15.6. The number of fused-ring (bicyclic) bond motifs is 5. The Morgan fingerprint density at radius 2 is 1.94 bits per heavy atom. The van der Waals surface area contributed by atoms with Crippen LogP contribution in [0.15, 0.2) is 24.3 Å². The van der Waals surface area contributed by atoms with E-state index in [9.17, 15) is 0 Å². The molecule has 0 saturated carbocycles. The first-order valence-corrected chi connectivity index (χ1v) is 6.02. The van der Waals surface area contributed by atoms with E-state index in [4.69, 9.17) is 9.72 Å². The summed E-state index contributed by atoms with van der Waals surface area (Å²) in [6, 6.07) is 8.62. The van der Waals surface area contributed by atoms with Gasteiger partial charge in [-0.1, -0.05) is 24.3 Å². The molecular formula is C15H13NO. The predicted molar refractivity (Wildman–Crippen MR) is 65.7 cm³/mol. The van der Waals surface area contributed by atoms with Crippen LogP contribution in [0.5, 0.6) is 0 Å². The zero-order valence-electron chi connectivity index (χ0n) is 9.79. The van der Waals surface area contributed by atoms with Crippen molar-refractivity contribution in [2.45, 2.75) is 26.6 Å². The summed E-state index contributed by atoms with van der Waals surface area (Å²) in [6.45, 7) is 3.57. The van der Waals surface area contributed by atoms with Crippen LogP contribution < -0.4 is 0 Å². The Kier molecular flexibility index (Phi) is 1.75. The Bertz CT molecular complexity index is 631. The lowest BCUT2D eigenvalue weighted by molar-refractivity contribution is 0.134. The van der Waals surface area contributed by atoms with Crippen LogP contribution in [0, 0.1) is 6.92 Å². The summed E-state index contributed by atoms with van der Waals surface area (Å²) in [5.74, 6) is 0. The van der Waals surface area contributed by atoms with Crippen LogP contribution >= 0.6 is 0 Å². The highest BCUT2D eigenvalue weighted by molar-refractivity contribution is 5.79. The number of aromatic nitrogens is 1. The topological polar surface area (TPSA) is 22.1 Å². The third-order valence-corrected chi connectivity index (χ3v) is 3.83. The first-order valence-electron chi connectivity index (χ1n) is 6.02. The molecular weight excluding hydrogens is 210 g/mol. The first-order chi connectivity index (χ1) is 8.34. The lowest BCUT2D eigenvalue weighted by Crippen LogP contribution is -1.98. The summed E-state index contributed by atoms with van der Waals surface area (Å²) in [4.78, 5) is 4.76. The monoisotopic (exact) mass is 223 g/mol. The molecule has 2 aromatic rings. The van der Waals surface area contributed by atoms with Gasteiger partial charge in [-0.25, -0.2) is 0 Å². The van der Waals surface area contributed by atoms with Crippen molar-refractivity contribution in [1.29, 1.82) is 0 Å². The van der Waals surface area contributed by atoms with Crippen LogP contribution in [0.1, 0.15) is 28.1 Å². The number of benzene rings is 1. The zero-order valence-corrected chi connectivity index (χ0v) is 9.79. The van der Waals surface area contributed by atoms with Gasteiger partial charge in [0.25, 0.3) is 0 Å². The first kappa shape index (κ1) is 9.37. The molecule has 2 aliphatic rings. The van der Waals surface area contributed by atoms with Crippen molar-refractivity contribution in [3.63, 3.8) is 0 Å². The second-order valence-electron chi connectivity index (χ2n) is 4.80. The molecule has 0 fully saturated rings. The van der Waals surface area contributed by atoms with Gasteiger partial charge in [0.1, 0.15) is 0 Å². The lowest BCUT2D eigenvalue weighted by atomic mass is 9.98. The molecule has 1 aromatic carbocycles. The van der Waals surface area contributed by atoms with Crippen LogP contribution in [-0.4, -0.2) is 4.98 Å². The van der Waals surface area contributed by atoms with E-state index in [2.05, 4.69) is 31.2 Å². The SMILES string of the molecule is Cc1nc2c(c3c1COC3)-c1ccccc1C2. The average molecular weight is 223 g/mol. The summed E-state index contributed by atoms with van der Waals surface area (Å²) in [5, 5.41) is 0. The van der Waals surface area contributed by atoms with E-state index in [1.807, 2.05) is 0 Å². The Hall–Kier alpha value is -1.67. The fourth-order valence-electron chi connectivity index (χ4n) is 3.02. The fourth-order valence-corrected chi connectivity index (χ4v) is 3.02. The van der Waals surface area contributed by atoms with Crippen LogP contribution in [0.2, 0.25) is 0 Å². The van der Waals surface area contributed by atoms with E-state index in [1.54, 1.807) is 0 Å². The second-order valence-corrected chi connectivity index (χ2v) is 4.80. The fraction of sp³-hybridized carbons (Fsp3) is 0.267. The molecule has 0 atom stereocenters. The summed E-state index contributed by atoms with van der Waals surface area (Å²) in [6.07, 6.45) is 0.972. The van der Waals surface area contributed by atoms with Crippen molar-refractivity contribution < 1.29 is 4.74 Å². The van der Waals surface area contributed by atoms with Crippen molar-refractivity contribution in [3.8, 4) is 11.1 Å².